The van der Waals surface area contributed by atoms with E-state index in [4.69, 9.17) is 11.6 Å². The lowest BCUT2D eigenvalue weighted by atomic mass is 10.1. The number of benzene rings is 3. The minimum atomic E-state index is -0.365. The molecule has 0 fully saturated rings. The van der Waals surface area contributed by atoms with Crippen molar-refractivity contribution in [3.63, 3.8) is 0 Å². The van der Waals surface area contributed by atoms with Crippen molar-refractivity contribution >= 4 is 23.2 Å². The van der Waals surface area contributed by atoms with Crippen molar-refractivity contribution in [2.45, 2.75) is 27.2 Å². The van der Waals surface area contributed by atoms with Crippen molar-refractivity contribution in [1.82, 2.24) is 14.8 Å². The molecule has 0 spiro atoms. The molecule has 0 saturated carbocycles. The van der Waals surface area contributed by atoms with E-state index in [1.165, 1.54) is 5.56 Å². The fourth-order valence-corrected chi connectivity index (χ4v) is 3.47. The lowest BCUT2D eigenvalue weighted by molar-refractivity contribution is 0.101. The van der Waals surface area contributed by atoms with Gasteiger partial charge in [-0.3, -0.25) is 4.79 Å². The quantitative estimate of drug-likeness (QED) is 0.421. The predicted molar refractivity (Wildman–Crippen MR) is 125 cm³/mol. The van der Waals surface area contributed by atoms with Crippen LogP contribution in [0.3, 0.4) is 0 Å². The van der Waals surface area contributed by atoms with Crippen molar-refractivity contribution in [2.24, 2.45) is 0 Å². The lowest BCUT2D eigenvalue weighted by Crippen LogP contribution is -2.14. The van der Waals surface area contributed by atoms with Crippen LogP contribution in [0.4, 0.5) is 5.69 Å². The van der Waals surface area contributed by atoms with Gasteiger partial charge < -0.3 is 5.32 Å². The molecule has 3 aromatic carbocycles. The molecule has 0 radical (unpaired) electrons. The van der Waals surface area contributed by atoms with Crippen LogP contribution in [-0.4, -0.2) is 20.7 Å². The number of carbonyl (C=O) groups is 1. The summed E-state index contributed by atoms with van der Waals surface area (Å²) in [6, 6.07) is 21.3. The number of anilines is 1. The van der Waals surface area contributed by atoms with E-state index in [0.29, 0.717) is 16.5 Å². The van der Waals surface area contributed by atoms with Crippen LogP contribution in [0.1, 0.15) is 34.2 Å². The van der Waals surface area contributed by atoms with Gasteiger partial charge >= 0.3 is 0 Å². The summed E-state index contributed by atoms with van der Waals surface area (Å²) in [6.45, 7) is 6.04. The summed E-state index contributed by atoms with van der Waals surface area (Å²) in [7, 11) is 0. The number of aromatic nitrogens is 3. The summed E-state index contributed by atoms with van der Waals surface area (Å²) < 4.78 is 1.68. The van der Waals surface area contributed by atoms with Gasteiger partial charge in [-0.15, -0.1) is 5.10 Å². The molecule has 1 amide bonds. The van der Waals surface area contributed by atoms with Gasteiger partial charge in [0.1, 0.15) is 0 Å². The van der Waals surface area contributed by atoms with Crippen LogP contribution in [0.2, 0.25) is 5.02 Å². The zero-order chi connectivity index (χ0) is 22.0. The van der Waals surface area contributed by atoms with Crippen LogP contribution in [0.25, 0.3) is 17.1 Å². The number of nitrogens with zero attached hydrogens (tertiary/aromatic N) is 3. The first-order valence-corrected chi connectivity index (χ1v) is 10.5. The van der Waals surface area contributed by atoms with Gasteiger partial charge in [0.05, 0.1) is 5.69 Å². The summed E-state index contributed by atoms with van der Waals surface area (Å²) in [5, 5.41) is 8.06. The molecule has 0 aliphatic rings. The van der Waals surface area contributed by atoms with Gasteiger partial charge in [0.2, 0.25) is 5.82 Å². The van der Waals surface area contributed by atoms with Crippen LogP contribution in [0, 0.1) is 13.8 Å². The number of halogens is 1. The minimum absolute atomic E-state index is 0.0921. The second-order valence-corrected chi connectivity index (χ2v) is 7.83. The molecule has 5 nitrogen and oxygen atoms in total. The summed E-state index contributed by atoms with van der Waals surface area (Å²) in [6.07, 6.45) is 0.944. The Morgan fingerprint density at radius 3 is 2.39 bits per heavy atom. The lowest BCUT2D eigenvalue weighted by Gasteiger charge is -2.10. The van der Waals surface area contributed by atoms with Crippen molar-refractivity contribution in [3.8, 4) is 17.1 Å². The Hall–Kier alpha value is -3.44. The van der Waals surface area contributed by atoms with Gasteiger partial charge in [-0.25, -0.2) is 9.67 Å². The molecule has 1 N–H and O–H groups in total. The largest absolute Gasteiger partial charge is 0.319 e. The second-order valence-electron chi connectivity index (χ2n) is 7.43. The summed E-state index contributed by atoms with van der Waals surface area (Å²) in [5.41, 5.74) is 5.56. The maximum Gasteiger partial charge on any atom is 0.295 e. The maximum absolute atomic E-state index is 12.9. The van der Waals surface area contributed by atoms with E-state index in [1.54, 1.807) is 4.68 Å². The van der Waals surface area contributed by atoms with Crippen LogP contribution in [0.5, 0.6) is 0 Å². The van der Waals surface area contributed by atoms with E-state index in [1.807, 2.05) is 80.6 Å². The first kappa shape index (κ1) is 20.8. The van der Waals surface area contributed by atoms with Crippen LogP contribution < -0.4 is 5.32 Å². The highest BCUT2D eigenvalue weighted by atomic mass is 35.5. The van der Waals surface area contributed by atoms with Crippen LogP contribution >= 0.6 is 11.6 Å². The van der Waals surface area contributed by atoms with E-state index in [9.17, 15) is 4.79 Å². The molecule has 1 heterocycles. The standard InChI is InChI=1S/C25H23ClN4O/c1-4-18-10-14-20(15-11-18)27-25(31)23-28-24(19-12-8-16(2)9-13-19)30(29-23)22-7-5-6-21(26)17(22)3/h5-15H,4H2,1-3H3,(H,27,31). The van der Waals surface area contributed by atoms with Gasteiger partial charge in [0, 0.05) is 16.3 Å². The number of amides is 1. The fraction of sp³-hybridized carbons (Fsp3) is 0.160. The molecule has 6 heteroatoms. The molecule has 4 rings (SSSR count). The molecule has 156 valence electrons. The number of aryl methyl sites for hydroxylation is 2. The predicted octanol–water partition coefficient (Wildman–Crippen LogP) is 6.02. The third-order valence-corrected chi connectivity index (χ3v) is 5.62. The van der Waals surface area contributed by atoms with Gasteiger partial charge in [-0.05, 0) is 55.7 Å². The van der Waals surface area contributed by atoms with Gasteiger partial charge in [0.15, 0.2) is 5.82 Å². The number of rotatable bonds is 5. The second kappa shape index (κ2) is 8.74. The molecular weight excluding hydrogens is 408 g/mol. The molecule has 0 bridgehead atoms. The van der Waals surface area contributed by atoms with Crippen molar-refractivity contribution < 1.29 is 4.79 Å². The molecule has 0 unspecified atom stereocenters. The number of hydrogen-bond acceptors (Lipinski definition) is 3. The summed E-state index contributed by atoms with van der Waals surface area (Å²) >= 11 is 6.34. The van der Waals surface area contributed by atoms with Crippen molar-refractivity contribution in [2.75, 3.05) is 5.32 Å². The smallest absolute Gasteiger partial charge is 0.295 e. The summed E-state index contributed by atoms with van der Waals surface area (Å²) in [5.74, 6) is 0.308. The third kappa shape index (κ3) is 4.37. The SMILES string of the molecule is CCc1ccc(NC(=O)c2nc(-c3ccc(C)cc3)n(-c3cccc(Cl)c3C)n2)cc1. The van der Waals surface area contributed by atoms with Gasteiger partial charge in [0.25, 0.3) is 5.91 Å². The van der Waals surface area contributed by atoms with Crippen molar-refractivity contribution in [1.29, 1.82) is 0 Å². The zero-order valence-corrected chi connectivity index (χ0v) is 18.4. The highest BCUT2D eigenvalue weighted by molar-refractivity contribution is 6.31. The molecule has 0 aliphatic heterocycles. The fourth-order valence-electron chi connectivity index (χ4n) is 3.30. The average Bonchev–Trinajstić information content (AvgIpc) is 3.22. The van der Waals surface area contributed by atoms with Crippen molar-refractivity contribution in [3.05, 3.63) is 94.3 Å². The average molecular weight is 431 g/mol. The topological polar surface area (TPSA) is 59.8 Å². The van der Waals surface area contributed by atoms with E-state index < -0.39 is 0 Å². The zero-order valence-electron chi connectivity index (χ0n) is 17.7. The van der Waals surface area contributed by atoms with E-state index in [-0.39, 0.29) is 11.7 Å². The Kier molecular flexibility index (Phi) is 5.87. The van der Waals surface area contributed by atoms with Gasteiger partial charge in [-0.1, -0.05) is 66.6 Å². The molecule has 31 heavy (non-hydrogen) atoms. The minimum Gasteiger partial charge on any atom is -0.319 e. The molecule has 0 saturated heterocycles. The molecule has 0 aliphatic carbocycles. The first-order valence-electron chi connectivity index (χ1n) is 10.2. The highest BCUT2D eigenvalue weighted by Crippen LogP contribution is 2.27. The monoisotopic (exact) mass is 430 g/mol. The Bertz CT molecular complexity index is 1230. The van der Waals surface area contributed by atoms with E-state index >= 15 is 0 Å². The Morgan fingerprint density at radius 2 is 1.71 bits per heavy atom. The van der Waals surface area contributed by atoms with Crippen LogP contribution in [0.15, 0.2) is 66.7 Å². The third-order valence-electron chi connectivity index (χ3n) is 5.21. The van der Waals surface area contributed by atoms with E-state index in [0.717, 1.165) is 28.8 Å². The summed E-state index contributed by atoms with van der Waals surface area (Å²) in [4.78, 5) is 17.5. The molecule has 1 aromatic heterocycles. The Labute approximate surface area is 186 Å². The number of hydrogen-bond donors (Lipinski definition) is 1. The number of nitrogens with one attached hydrogen (secondary N) is 1. The number of carbonyl (C=O) groups excluding carboxylic acids is 1. The van der Waals surface area contributed by atoms with E-state index in [2.05, 4.69) is 22.3 Å². The Balaban J connectivity index is 1.76. The normalized spacial score (nSPS) is 10.8. The molecular formula is C25H23ClN4O. The first-order chi connectivity index (χ1) is 15.0. The van der Waals surface area contributed by atoms with Crippen LogP contribution in [-0.2, 0) is 6.42 Å². The van der Waals surface area contributed by atoms with Gasteiger partial charge in [-0.2, -0.15) is 0 Å². The maximum atomic E-state index is 12.9. The molecule has 4 aromatic rings. The molecule has 0 atom stereocenters. The highest BCUT2D eigenvalue weighted by Gasteiger charge is 2.20. The Morgan fingerprint density at radius 1 is 1.00 bits per heavy atom.